The molecule has 1 aromatic heterocycles. The Hall–Kier alpha value is -3.67. The third kappa shape index (κ3) is 3.96. The molecular weight excluding hydrogens is 453 g/mol. The molecule has 0 saturated heterocycles. The molecule has 8 nitrogen and oxygen atoms in total. The Balaban J connectivity index is 1.61. The number of anilines is 1. The fourth-order valence-corrected chi connectivity index (χ4v) is 3.84. The van der Waals surface area contributed by atoms with Gasteiger partial charge in [-0.2, -0.15) is 5.26 Å². The summed E-state index contributed by atoms with van der Waals surface area (Å²) >= 11 is 12.1. The van der Waals surface area contributed by atoms with Gasteiger partial charge < -0.3 is 20.5 Å². The number of nitrogens with zero attached hydrogens (tertiary/aromatic N) is 2. The number of hydrogen-bond donors (Lipinski definition) is 3. The summed E-state index contributed by atoms with van der Waals surface area (Å²) in [5.41, 5.74) is 8.65. The summed E-state index contributed by atoms with van der Waals surface area (Å²) in [6.07, 6.45) is 0. The number of carbonyl (C=O) groups is 1. The summed E-state index contributed by atoms with van der Waals surface area (Å²) in [4.78, 5) is 12.5. The number of benzene rings is 2. The number of amides is 1. The van der Waals surface area contributed by atoms with E-state index in [4.69, 9.17) is 38.4 Å². The molecule has 32 heavy (non-hydrogen) atoms. The quantitative estimate of drug-likeness (QED) is 0.512. The fourth-order valence-electron chi connectivity index (χ4n) is 3.49. The zero-order valence-electron chi connectivity index (χ0n) is 16.8. The van der Waals surface area contributed by atoms with Gasteiger partial charge in [-0.05, 0) is 25.1 Å². The fraction of sp³-hybridized carbons (Fsp3) is 0.136. The van der Waals surface area contributed by atoms with E-state index in [-0.39, 0.29) is 23.1 Å². The van der Waals surface area contributed by atoms with Crippen LogP contribution in [0.1, 0.15) is 22.7 Å². The molecule has 0 radical (unpaired) electrons. The van der Waals surface area contributed by atoms with E-state index < -0.39 is 11.8 Å². The summed E-state index contributed by atoms with van der Waals surface area (Å²) in [5, 5.41) is 20.0. The van der Waals surface area contributed by atoms with Crippen LogP contribution in [0.4, 0.5) is 5.69 Å². The number of para-hydroxylation sites is 1. The van der Waals surface area contributed by atoms with Crippen molar-refractivity contribution < 1.29 is 14.3 Å². The van der Waals surface area contributed by atoms with E-state index in [0.29, 0.717) is 33.5 Å². The highest BCUT2D eigenvalue weighted by Crippen LogP contribution is 2.45. The molecule has 2 aromatic carbocycles. The number of nitriles is 1. The molecule has 4 N–H and O–H groups in total. The molecule has 4 rings (SSSR count). The van der Waals surface area contributed by atoms with Crippen molar-refractivity contribution >= 4 is 34.8 Å². The molecule has 0 aliphatic carbocycles. The third-order valence-electron chi connectivity index (χ3n) is 4.94. The van der Waals surface area contributed by atoms with Crippen LogP contribution in [-0.4, -0.2) is 22.7 Å². The predicted octanol–water partition coefficient (Wildman–Crippen LogP) is 4.26. The smallest absolute Gasteiger partial charge is 0.262 e. The van der Waals surface area contributed by atoms with Crippen LogP contribution in [0.15, 0.2) is 53.9 Å². The number of aryl methyl sites for hydroxylation is 1. The molecule has 1 unspecified atom stereocenters. The lowest BCUT2D eigenvalue weighted by Gasteiger charge is -2.25. The summed E-state index contributed by atoms with van der Waals surface area (Å²) < 4.78 is 11.3. The lowest BCUT2D eigenvalue weighted by molar-refractivity contribution is -0.118. The number of H-pyrrole nitrogens is 1. The second-order valence-corrected chi connectivity index (χ2v) is 7.75. The molecule has 10 heteroatoms. The summed E-state index contributed by atoms with van der Waals surface area (Å²) in [7, 11) is 0. The summed E-state index contributed by atoms with van der Waals surface area (Å²) in [6, 6.07) is 14.2. The van der Waals surface area contributed by atoms with Gasteiger partial charge in [0.25, 0.3) is 5.91 Å². The number of nitrogens with one attached hydrogen (secondary N) is 2. The first-order chi connectivity index (χ1) is 15.4. The highest BCUT2D eigenvalue weighted by molar-refractivity contribution is 6.44. The van der Waals surface area contributed by atoms with E-state index in [1.807, 2.05) is 13.0 Å². The molecule has 0 spiro atoms. The summed E-state index contributed by atoms with van der Waals surface area (Å²) in [5.74, 6) is -0.304. The second kappa shape index (κ2) is 8.83. The zero-order valence-corrected chi connectivity index (χ0v) is 18.3. The Labute approximate surface area is 193 Å². The largest absolute Gasteiger partial charge is 0.483 e. The molecule has 0 fully saturated rings. The molecular formula is C22H17Cl2N5O3. The Kier molecular flexibility index (Phi) is 5.95. The molecule has 1 amide bonds. The minimum atomic E-state index is -0.566. The van der Waals surface area contributed by atoms with Crippen molar-refractivity contribution in [2.24, 2.45) is 5.73 Å². The van der Waals surface area contributed by atoms with E-state index in [1.165, 1.54) is 0 Å². The number of hydrogen-bond acceptors (Lipinski definition) is 6. The van der Waals surface area contributed by atoms with Crippen molar-refractivity contribution in [2.75, 3.05) is 11.9 Å². The number of carbonyl (C=O) groups excluding carboxylic acids is 1. The van der Waals surface area contributed by atoms with Crippen molar-refractivity contribution in [3.05, 3.63) is 80.8 Å². The number of halogens is 2. The maximum absolute atomic E-state index is 12.5. The van der Waals surface area contributed by atoms with Crippen LogP contribution in [-0.2, 0) is 4.79 Å². The van der Waals surface area contributed by atoms with Gasteiger partial charge in [-0.1, -0.05) is 47.5 Å². The number of ether oxygens (including phenoxy) is 2. The van der Waals surface area contributed by atoms with Crippen molar-refractivity contribution in [3.63, 3.8) is 0 Å². The maximum Gasteiger partial charge on any atom is 0.262 e. The minimum Gasteiger partial charge on any atom is -0.483 e. The van der Waals surface area contributed by atoms with Crippen LogP contribution >= 0.6 is 23.2 Å². The third-order valence-corrected chi connectivity index (χ3v) is 5.76. The van der Waals surface area contributed by atoms with Crippen molar-refractivity contribution in [3.8, 4) is 17.7 Å². The average molecular weight is 470 g/mol. The number of rotatable bonds is 5. The SMILES string of the molecule is Cc1[nH]nc2c1C(c1ccccc1OCC(=O)Nc1cccc(Cl)c1Cl)C(C#N)=C(N)O2. The van der Waals surface area contributed by atoms with Crippen LogP contribution in [0.2, 0.25) is 10.0 Å². The van der Waals surface area contributed by atoms with E-state index in [2.05, 4.69) is 21.6 Å². The zero-order chi connectivity index (χ0) is 22.8. The first-order valence-corrected chi connectivity index (χ1v) is 10.2. The van der Waals surface area contributed by atoms with E-state index in [9.17, 15) is 10.1 Å². The van der Waals surface area contributed by atoms with Gasteiger partial charge >= 0.3 is 0 Å². The van der Waals surface area contributed by atoms with Gasteiger partial charge in [0.2, 0.25) is 11.8 Å². The van der Waals surface area contributed by atoms with Gasteiger partial charge in [-0.15, -0.1) is 5.10 Å². The number of aromatic nitrogens is 2. The van der Waals surface area contributed by atoms with Crippen LogP contribution in [0.5, 0.6) is 11.6 Å². The van der Waals surface area contributed by atoms with Crippen LogP contribution in [0.25, 0.3) is 0 Å². The van der Waals surface area contributed by atoms with E-state index in [1.54, 1.807) is 36.4 Å². The minimum absolute atomic E-state index is 0.0281. The van der Waals surface area contributed by atoms with E-state index >= 15 is 0 Å². The topological polar surface area (TPSA) is 126 Å². The Morgan fingerprint density at radius 2 is 2.09 bits per heavy atom. The monoisotopic (exact) mass is 469 g/mol. The number of allylic oxidation sites excluding steroid dienone is 1. The van der Waals surface area contributed by atoms with Gasteiger partial charge in [0.15, 0.2) is 6.61 Å². The number of aromatic amines is 1. The molecule has 3 aromatic rings. The molecule has 1 aliphatic rings. The maximum atomic E-state index is 12.5. The highest BCUT2D eigenvalue weighted by Gasteiger charge is 2.35. The number of nitrogens with two attached hydrogens (primary N) is 1. The number of fused-ring (bicyclic) bond motifs is 1. The molecule has 0 bridgehead atoms. The molecule has 1 atom stereocenters. The van der Waals surface area contributed by atoms with Gasteiger partial charge in [0.05, 0.1) is 21.7 Å². The first-order valence-electron chi connectivity index (χ1n) is 9.48. The Morgan fingerprint density at radius 3 is 2.88 bits per heavy atom. The Morgan fingerprint density at radius 1 is 1.31 bits per heavy atom. The highest BCUT2D eigenvalue weighted by atomic mass is 35.5. The molecule has 0 saturated carbocycles. The van der Waals surface area contributed by atoms with E-state index in [0.717, 1.165) is 5.69 Å². The van der Waals surface area contributed by atoms with Crippen LogP contribution in [0, 0.1) is 18.3 Å². The second-order valence-electron chi connectivity index (χ2n) is 6.97. The van der Waals surface area contributed by atoms with Crippen molar-refractivity contribution in [2.45, 2.75) is 12.8 Å². The normalized spacial score (nSPS) is 14.9. The molecule has 162 valence electrons. The van der Waals surface area contributed by atoms with Crippen LogP contribution < -0.4 is 20.5 Å². The predicted molar refractivity (Wildman–Crippen MR) is 120 cm³/mol. The van der Waals surface area contributed by atoms with Crippen molar-refractivity contribution in [1.82, 2.24) is 10.2 Å². The van der Waals surface area contributed by atoms with Gasteiger partial charge in [-0.25, -0.2) is 0 Å². The van der Waals surface area contributed by atoms with Gasteiger partial charge in [-0.3, -0.25) is 9.89 Å². The van der Waals surface area contributed by atoms with Crippen molar-refractivity contribution in [1.29, 1.82) is 5.26 Å². The Bertz CT molecular complexity index is 1280. The summed E-state index contributed by atoms with van der Waals surface area (Å²) in [6.45, 7) is 1.53. The lowest BCUT2D eigenvalue weighted by Crippen LogP contribution is -2.23. The van der Waals surface area contributed by atoms with Gasteiger partial charge in [0, 0.05) is 16.8 Å². The molecule has 1 aliphatic heterocycles. The average Bonchev–Trinajstić information content (AvgIpc) is 3.14. The standard InChI is InChI=1S/C22H17Cl2N5O3/c1-11-18-19(13(9-25)21(26)32-22(18)29-28-11)12-5-2-3-8-16(12)31-10-17(30)27-15-7-4-6-14(23)20(15)24/h2-8,19H,10,26H2,1H3,(H,27,30)(H,28,29). The van der Waals surface area contributed by atoms with Crippen LogP contribution in [0.3, 0.4) is 0 Å². The van der Waals surface area contributed by atoms with Gasteiger partial charge in [0.1, 0.15) is 17.4 Å². The first kappa shape index (κ1) is 21.6. The molecule has 2 heterocycles. The lowest BCUT2D eigenvalue weighted by atomic mass is 9.83.